The Morgan fingerprint density at radius 3 is 2.75 bits per heavy atom. The first-order valence-electron chi connectivity index (χ1n) is 6.66. The largest absolute Gasteiger partial charge is 0.383 e. The average Bonchev–Trinajstić information content (AvgIpc) is 2.92. The van der Waals surface area contributed by atoms with Gasteiger partial charge in [0.2, 0.25) is 0 Å². The Morgan fingerprint density at radius 2 is 2.05 bits per heavy atom. The molecule has 104 valence electrons. The Balaban J connectivity index is 1.95. The van der Waals surface area contributed by atoms with E-state index in [0.717, 1.165) is 26.2 Å². The molecule has 1 aromatic carbocycles. The molecule has 0 unspecified atom stereocenters. The number of ether oxygens (including phenoxy) is 1. The summed E-state index contributed by atoms with van der Waals surface area (Å²) >= 11 is 0. The van der Waals surface area contributed by atoms with Crippen LogP contribution < -0.4 is 5.32 Å². The summed E-state index contributed by atoms with van der Waals surface area (Å²) in [5.74, 6) is 0. The molecule has 0 aliphatic heterocycles. The van der Waals surface area contributed by atoms with E-state index in [-0.39, 0.29) is 0 Å². The van der Waals surface area contributed by atoms with Crippen molar-refractivity contribution in [3.05, 3.63) is 59.4 Å². The van der Waals surface area contributed by atoms with Crippen molar-refractivity contribution >= 4 is 0 Å². The van der Waals surface area contributed by atoms with Crippen molar-refractivity contribution in [3.63, 3.8) is 0 Å². The molecule has 0 bridgehead atoms. The van der Waals surface area contributed by atoms with Crippen LogP contribution in [-0.4, -0.2) is 24.8 Å². The molecule has 0 atom stereocenters. The molecule has 0 aliphatic carbocycles. The highest BCUT2D eigenvalue weighted by molar-refractivity contribution is 5.31. The Morgan fingerprint density at radius 1 is 1.25 bits per heavy atom. The minimum atomic E-state index is 0.697. The van der Waals surface area contributed by atoms with Crippen molar-refractivity contribution in [2.24, 2.45) is 0 Å². The average molecular weight is 269 g/mol. The third kappa shape index (κ3) is 3.95. The van der Waals surface area contributed by atoms with E-state index >= 15 is 0 Å². The number of hydrogen-bond donors (Lipinski definition) is 1. The minimum Gasteiger partial charge on any atom is -0.383 e. The van der Waals surface area contributed by atoms with Crippen LogP contribution in [-0.2, 0) is 17.8 Å². The van der Waals surface area contributed by atoms with Gasteiger partial charge in [-0.2, -0.15) is 5.26 Å². The fourth-order valence-electron chi connectivity index (χ4n) is 2.04. The Hall–Kier alpha value is -2.09. The van der Waals surface area contributed by atoms with Crippen molar-refractivity contribution in [1.29, 1.82) is 5.26 Å². The van der Waals surface area contributed by atoms with Crippen LogP contribution in [0.4, 0.5) is 0 Å². The summed E-state index contributed by atoms with van der Waals surface area (Å²) in [6.07, 6.45) is 2.07. The first-order valence-corrected chi connectivity index (χ1v) is 6.66. The number of hydrogen-bond acceptors (Lipinski definition) is 3. The standard InChI is InChI=1S/C16H19N3O/c1-20-10-8-18-12-16-3-2-9-19(16)13-15-6-4-14(11-17)5-7-15/h2-7,9,18H,8,10,12-13H2,1H3. The van der Waals surface area contributed by atoms with Gasteiger partial charge in [-0.15, -0.1) is 0 Å². The maximum absolute atomic E-state index is 8.80. The van der Waals surface area contributed by atoms with E-state index in [9.17, 15) is 0 Å². The minimum absolute atomic E-state index is 0.697. The fourth-order valence-corrected chi connectivity index (χ4v) is 2.04. The maximum Gasteiger partial charge on any atom is 0.0991 e. The van der Waals surface area contributed by atoms with Crippen LogP contribution in [0, 0.1) is 11.3 Å². The zero-order valence-corrected chi connectivity index (χ0v) is 11.7. The van der Waals surface area contributed by atoms with E-state index in [1.807, 2.05) is 24.3 Å². The highest BCUT2D eigenvalue weighted by atomic mass is 16.5. The summed E-state index contributed by atoms with van der Waals surface area (Å²) in [6.45, 7) is 3.21. The number of nitrogens with one attached hydrogen (secondary N) is 1. The normalized spacial score (nSPS) is 10.4. The third-order valence-corrected chi connectivity index (χ3v) is 3.15. The molecule has 1 heterocycles. The van der Waals surface area contributed by atoms with Gasteiger partial charge in [-0.3, -0.25) is 0 Å². The van der Waals surface area contributed by atoms with Gasteiger partial charge < -0.3 is 14.6 Å². The predicted octanol–water partition coefficient (Wildman–Crippen LogP) is 2.14. The molecule has 1 aromatic heterocycles. The van der Waals surface area contributed by atoms with Gasteiger partial charge in [0, 0.05) is 38.6 Å². The summed E-state index contributed by atoms with van der Waals surface area (Å²) in [7, 11) is 1.70. The van der Waals surface area contributed by atoms with Gasteiger partial charge in [0.25, 0.3) is 0 Å². The van der Waals surface area contributed by atoms with Crippen molar-refractivity contribution in [2.45, 2.75) is 13.1 Å². The van der Waals surface area contributed by atoms with Crippen LogP contribution in [0.3, 0.4) is 0 Å². The van der Waals surface area contributed by atoms with E-state index in [2.05, 4.69) is 34.3 Å². The fraction of sp³-hybridized carbons (Fsp3) is 0.312. The third-order valence-electron chi connectivity index (χ3n) is 3.15. The van der Waals surface area contributed by atoms with Gasteiger partial charge in [0.15, 0.2) is 0 Å². The molecule has 0 fully saturated rings. The number of rotatable bonds is 7. The number of aromatic nitrogens is 1. The van der Waals surface area contributed by atoms with Crippen LogP contribution in [0.1, 0.15) is 16.8 Å². The lowest BCUT2D eigenvalue weighted by Crippen LogP contribution is -2.20. The number of nitrogens with zero attached hydrogens (tertiary/aromatic N) is 2. The van der Waals surface area contributed by atoms with Gasteiger partial charge in [-0.25, -0.2) is 0 Å². The van der Waals surface area contributed by atoms with Gasteiger partial charge in [-0.05, 0) is 29.8 Å². The molecule has 0 spiro atoms. The first-order chi connectivity index (χ1) is 9.83. The van der Waals surface area contributed by atoms with Gasteiger partial charge >= 0.3 is 0 Å². The van der Waals surface area contributed by atoms with E-state index in [4.69, 9.17) is 10.00 Å². The van der Waals surface area contributed by atoms with Crippen LogP contribution in [0.15, 0.2) is 42.6 Å². The van der Waals surface area contributed by atoms with E-state index < -0.39 is 0 Å². The summed E-state index contributed by atoms with van der Waals surface area (Å²) < 4.78 is 7.22. The highest BCUT2D eigenvalue weighted by Crippen LogP contribution is 2.09. The molecule has 20 heavy (non-hydrogen) atoms. The molecule has 2 rings (SSSR count). The monoisotopic (exact) mass is 269 g/mol. The Kier molecular flexibility index (Phi) is 5.36. The lowest BCUT2D eigenvalue weighted by molar-refractivity contribution is 0.199. The lowest BCUT2D eigenvalue weighted by atomic mass is 10.1. The maximum atomic E-state index is 8.80. The summed E-state index contributed by atoms with van der Waals surface area (Å²) in [4.78, 5) is 0. The topological polar surface area (TPSA) is 50.0 Å². The smallest absolute Gasteiger partial charge is 0.0991 e. The molecule has 0 amide bonds. The van der Waals surface area contributed by atoms with Gasteiger partial charge in [0.1, 0.15) is 0 Å². The second-order valence-electron chi connectivity index (χ2n) is 4.61. The quantitative estimate of drug-likeness (QED) is 0.783. The molecule has 0 saturated carbocycles. The zero-order valence-electron chi connectivity index (χ0n) is 11.7. The molecule has 0 aliphatic rings. The lowest BCUT2D eigenvalue weighted by Gasteiger charge is -2.10. The molecule has 4 nitrogen and oxygen atoms in total. The summed E-state index contributed by atoms with van der Waals surface area (Å²) in [5.41, 5.74) is 3.13. The van der Waals surface area contributed by atoms with Crippen LogP contribution in [0.25, 0.3) is 0 Å². The molecule has 4 heteroatoms. The van der Waals surface area contributed by atoms with Crippen molar-refractivity contribution in [2.75, 3.05) is 20.3 Å². The van der Waals surface area contributed by atoms with Crippen LogP contribution >= 0.6 is 0 Å². The number of nitriles is 1. The van der Waals surface area contributed by atoms with E-state index in [0.29, 0.717) is 5.56 Å². The second kappa shape index (κ2) is 7.49. The Labute approximate surface area is 119 Å². The molecular weight excluding hydrogens is 250 g/mol. The number of methoxy groups -OCH3 is 1. The molecule has 0 saturated heterocycles. The van der Waals surface area contributed by atoms with Gasteiger partial charge in [0.05, 0.1) is 18.2 Å². The first kappa shape index (κ1) is 14.3. The predicted molar refractivity (Wildman–Crippen MR) is 78.3 cm³/mol. The summed E-state index contributed by atoms with van der Waals surface area (Å²) in [5, 5.41) is 12.1. The second-order valence-corrected chi connectivity index (χ2v) is 4.61. The van der Waals surface area contributed by atoms with E-state index in [1.54, 1.807) is 7.11 Å². The van der Waals surface area contributed by atoms with Gasteiger partial charge in [-0.1, -0.05) is 12.1 Å². The molecule has 1 N–H and O–H groups in total. The zero-order chi connectivity index (χ0) is 14.2. The summed E-state index contributed by atoms with van der Waals surface area (Å²) in [6, 6.07) is 14.0. The molecular formula is C16H19N3O. The molecule has 2 aromatic rings. The Bertz CT molecular complexity index is 566. The van der Waals surface area contributed by atoms with Crippen LogP contribution in [0.5, 0.6) is 0 Å². The SMILES string of the molecule is COCCNCc1cccn1Cc1ccc(C#N)cc1. The van der Waals surface area contributed by atoms with Crippen molar-refractivity contribution < 1.29 is 4.74 Å². The highest BCUT2D eigenvalue weighted by Gasteiger charge is 2.02. The molecule has 0 radical (unpaired) electrons. The number of benzene rings is 1. The van der Waals surface area contributed by atoms with E-state index in [1.165, 1.54) is 11.3 Å². The van der Waals surface area contributed by atoms with Crippen molar-refractivity contribution in [3.8, 4) is 6.07 Å². The van der Waals surface area contributed by atoms with Crippen LogP contribution in [0.2, 0.25) is 0 Å². The van der Waals surface area contributed by atoms with Crippen molar-refractivity contribution in [1.82, 2.24) is 9.88 Å².